The second kappa shape index (κ2) is 5.62. The summed E-state index contributed by atoms with van der Waals surface area (Å²) in [6, 6.07) is 9.14. The number of piperidine rings is 1. The fourth-order valence-corrected chi connectivity index (χ4v) is 4.35. The lowest BCUT2D eigenvalue weighted by Gasteiger charge is -2.43. The number of hydrogen-bond acceptors (Lipinski definition) is 2. The van der Waals surface area contributed by atoms with E-state index in [-0.39, 0.29) is 11.8 Å². The third-order valence-electron chi connectivity index (χ3n) is 5.96. The van der Waals surface area contributed by atoms with Gasteiger partial charge in [0.15, 0.2) is 0 Å². The molecule has 1 heterocycles. The molecule has 0 spiro atoms. The molecule has 3 aliphatic rings. The maximum Gasteiger partial charge on any atom is 0.225 e. The Labute approximate surface area is 138 Å². The zero-order valence-electron chi connectivity index (χ0n) is 14.0. The zero-order chi connectivity index (χ0) is 16.0. The topological polar surface area (TPSA) is 40.5 Å². The lowest BCUT2D eigenvalue weighted by Crippen LogP contribution is -2.51. The van der Waals surface area contributed by atoms with E-state index >= 15 is 0 Å². The molecule has 1 N–H and O–H groups in total. The second-order valence-corrected chi connectivity index (χ2v) is 8.15. The molecule has 3 heteroatoms. The number of nitrogens with zero attached hydrogens (tertiary/aromatic N) is 1. The molecule has 3 nitrogen and oxygen atoms in total. The molecule has 0 unspecified atom stereocenters. The standard InChI is InChI=1S/C20H27NO2/c1-20(23)12-18(13-20)19(22)21-9-7-15(8-10-21)17-4-2-3-16(11-17)14-5-6-14/h2-4,11,14-15,18,23H,5-10,12-13H2,1H3/t18-,20+. The Bertz CT molecular complexity index is 589. The van der Waals surface area contributed by atoms with E-state index in [0.29, 0.717) is 18.8 Å². The Hall–Kier alpha value is -1.35. The SMILES string of the molecule is C[C@]1(O)C[C@@H](C(=O)N2CCC(c3cccc(C4CC4)c3)CC2)C1. The van der Waals surface area contributed by atoms with Crippen LogP contribution in [0, 0.1) is 5.92 Å². The first-order valence-electron chi connectivity index (χ1n) is 9.13. The maximum absolute atomic E-state index is 12.5. The van der Waals surface area contributed by atoms with Crippen LogP contribution in [0.1, 0.15) is 68.4 Å². The first-order chi connectivity index (χ1) is 11.0. The molecule has 0 bridgehead atoms. The minimum absolute atomic E-state index is 0.0553. The van der Waals surface area contributed by atoms with Crippen molar-refractivity contribution >= 4 is 5.91 Å². The number of carbonyl (C=O) groups is 1. The van der Waals surface area contributed by atoms with Crippen molar-refractivity contribution in [2.45, 2.75) is 62.9 Å². The Morgan fingerprint density at radius 3 is 2.17 bits per heavy atom. The highest BCUT2D eigenvalue weighted by Crippen LogP contribution is 2.42. The molecule has 1 aliphatic heterocycles. The van der Waals surface area contributed by atoms with Crippen molar-refractivity contribution in [3.05, 3.63) is 35.4 Å². The first-order valence-corrected chi connectivity index (χ1v) is 9.13. The third kappa shape index (κ3) is 3.16. The van der Waals surface area contributed by atoms with Crippen molar-refractivity contribution in [3.8, 4) is 0 Å². The van der Waals surface area contributed by atoms with Crippen LogP contribution in [0.2, 0.25) is 0 Å². The van der Waals surface area contributed by atoms with Crippen LogP contribution < -0.4 is 0 Å². The highest BCUT2D eigenvalue weighted by molar-refractivity contribution is 5.80. The molecule has 0 atom stereocenters. The summed E-state index contributed by atoms with van der Waals surface area (Å²) in [6.07, 6.45) is 6.11. The van der Waals surface area contributed by atoms with Gasteiger partial charge in [-0.15, -0.1) is 0 Å². The van der Waals surface area contributed by atoms with Gasteiger partial charge in [-0.05, 0) is 68.4 Å². The Morgan fingerprint density at radius 2 is 1.65 bits per heavy atom. The summed E-state index contributed by atoms with van der Waals surface area (Å²) in [6.45, 7) is 3.57. The summed E-state index contributed by atoms with van der Waals surface area (Å²) < 4.78 is 0. The third-order valence-corrected chi connectivity index (χ3v) is 5.96. The number of rotatable bonds is 3. The zero-order valence-corrected chi connectivity index (χ0v) is 14.0. The number of hydrogen-bond donors (Lipinski definition) is 1. The van der Waals surface area contributed by atoms with Gasteiger partial charge in [0, 0.05) is 19.0 Å². The molecule has 0 aromatic heterocycles. The van der Waals surface area contributed by atoms with Crippen LogP contribution in [0.5, 0.6) is 0 Å². The number of benzene rings is 1. The van der Waals surface area contributed by atoms with Crippen LogP contribution in [-0.4, -0.2) is 34.6 Å². The Morgan fingerprint density at radius 1 is 1.09 bits per heavy atom. The molecule has 124 valence electrons. The molecular formula is C20H27NO2. The number of aliphatic hydroxyl groups is 1. The normalized spacial score (nSPS) is 31.7. The summed E-state index contributed by atoms with van der Waals surface area (Å²) in [5.41, 5.74) is 2.37. The van der Waals surface area contributed by atoms with E-state index in [2.05, 4.69) is 24.3 Å². The van der Waals surface area contributed by atoms with Gasteiger partial charge in [0.05, 0.1) is 5.60 Å². The van der Waals surface area contributed by atoms with Gasteiger partial charge in [-0.2, -0.15) is 0 Å². The monoisotopic (exact) mass is 313 g/mol. The quantitative estimate of drug-likeness (QED) is 0.929. The predicted octanol–water partition coefficient (Wildman–Crippen LogP) is 3.43. The maximum atomic E-state index is 12.5. The van der Waals surface area contributed by atoms with Gasteiger partial charge in [0.1, 0.15) is 0 Å². The molecule has 1 saturated heterocycles. The van der Waals surface area contributed by atoms with Crippen LogP contribution in [0.4, 0.5) is 0 Å². The van der Waals surface area contributed by atoms with Gasteiger partial charge in [-0.25, -0.2) is 0 Å². The summed E-state index contributed by atoms with van der Waals surface area (Å²) in [7, 11) is 0. The highest BCUT2D eigenvalue weighted by Gasteiger charge is 2.44. The smallest absolute Gasteiger partial charge is 0.225 e. The number of amides is 1. The van der Waals surface area contributed by atoms with Gasteiger partial charge >= 0.3 is 0 Å². The summed E-state index contributed by atoms with van der Waals surface area (Å²) in [4.78, 5) is 14.5. The van der Waals surface area contributed by atoms with Crippen molar-refractivity contribution in [1.29, 1.82) is 0 Å². The van der Waals surface area contributed by atoms with E-state index in [1.165, 1.54) is 24.0 Å². The fourth-order valence-electron chi connectivity index (χ4n) is 4.35. The lowest BCUT2D eigenvalue weighted by atomic mass is 9.71. The summed E-state index contributed by atoms with van der Waals surface area (Å²) in [5.74, 6) is 1.73. The Balaban J connectivity index is 1.34. The van der Waals surface area contributed by atoms with Gasteiger partial charge in [0.25, 0.3) is 0 Å². The molecular weight excluding hydrogens is 286 g/mol. The molecule has 2 aliphatic carbocycles. The molecule has 2 saturated carbocycles. The lowest BCUT2D eigenvalue weighted by molar-refractivity contribution is -0.150. The van der Waals surface area contributed by atoms with E-state index in [1.54, 1.807) is 0 Å². The average molecular weight is 313 g/mol. The van der Waals surface area contributed by atoms with E-state index in [0.717, 1.165) is 31.8 Å². The van der Waals surface area contributed by atoms with Gasteiger partial charge in [0.2, 0.25) is 5.91 Å². The van der Waals surface area contributed by atoms with Crippen molar-refractivity contribution in [2.24, 2.45) is 5.92 Å². The highest BCUT2D eigenvalue weighted by atomic mass is 16.3. The van der Waals surface area contributed by atoms with Crippen molar-refractivity contribution in [2.75, 3.05) is 13.1 Å². The van der Waals surface area contributed by atoms with Crippen molar-refractivity contribution in [1.82, 2.24) is 4.90 Å². The summed E-state index contributed by atoms with van der Waals surface area (Å²) >= 11 is 0. The van der Waals surface area contributed by atoms with Crippen molar-refractivity contribution in [3.63, 3.8) is 0 Å². The molecule has 4 rings (SSSR count). The molecule has 1 aromatic rings. The first kappa shape index (κ1) is 15.2. The predicted molar refractivity (Wildman–Crippen MR) is 90.3 cm³/mol. The molecule has 23 heavy (non-hydrogen) atoms. The average Bonchev–Trinajstić information content (AvgIpc) is 3.37. The second-order valence-electron chi connectivity index (χ2n) is 8.15. The van der Waals surface area contributed by atoms with E-state index in [4.69, 9.17) is 0 Å². The molecule has 1 aromatic carbocycles. The van der Waals surface area contributed by atoms with Crippen LogP contribution in [0.3, 0.4) is 0 Å². The number of likely N-dealkylation sites (tertiary alicyclic amines) is 1. The van der Waals surface area contributed by atoms with Crippen LogP contribution in [-0.2, 0) is 4.79 Å². The fraction of sp³-hybridized carbons (Fsp3) is 0.650. The van der Waals surface area contributed by atoms with E-state index in [1.807, 2.05) is 11.8 Å². The largest absolute Gasteiger partial charge is 0.390 e. The number of carbonyl (C=O) groups excluding carboxylic acids is 1. The van der Waals surface area contributed by atoms with Crippen LogP contribution >= 0.6 is 0 Å². The molecule has 0 radical (unpaired) electrons. The summed E-state index contributed by atoms with van der Waals surface area (Å²) in [5, 5.41) is 9.83. The van der Waals surface area contributed by atoms with E-state index in [9.17, 15) is 9.90 Å². The Kier molecular flexibility index (Phi) is 3.72. The molecule has 3 fully saturated rings. The minimum Gasteiger partial charge on any atom is -0.390 e. The van der Waals surface area contributed by atoms with E-state index < -0.39 is 5.60 Å². The van der Waals surface area contributed by atoms with Gasteiger partial charge < -0.3 is 10.0 Å². The van der Waals surface area contributed by atoms with Crippen molar-refractivity contribution < 1.29 is 9.90 Å². The van der Waals surface area contributed by atoms with Crippen LogP contribution in [0.15, 0.2) is 24.3 Å². The minimum atomic E-state index is -0.609. The van der Waals surface area contributed by atoms with Gasteiger partial charge in [-0.3, -0.25) is 4.79 Å². The van der Waals surface area contributed by atoms with Gasteiger partial charge in [-0.1, -0.05) is 24.3 Å². The molecule has 1 amide bonds. The van der Waals surface area contributed by atoms with Crippen LogP contribution in [0.25, 0.3) is 0 Å².